The molecule has 0 saturated carbocycles. The first kappa shape index (κ1) is 13.3. The van der Waals surface area contributed by atoms with E-state index in [1.165, 1.54) is 6.07 Å². The van der Waals surface area contributed by atoms with Gasteiger partial charge in [-0.25, -0.2) is 9.18 Å². The number of hydrogen-bond donors (Lipinski definition) is 3. The number of aliphatic hydroxyl groups is 1. The summed E-state index contributed by atoms with van der Waals surface area (Å²) >= 11 is 0. The van der Waals surface area contributed by atoms with Crippen molar-refractivity contribution in [2.24, 2.45) is 0 Å². The zero-order valence-corrected chi connectivity index (χ0v) is 9.78. The van der Waals surface area contributed by atoms with Crippen molar-refractivity contribution in [2.45, 2.75) is 18.6 Å². The molecule has 1 aromatic carbocycles. The van der Waals surface area contributed by atoms with Gasteiger partial charge >= 0.3 is 5.97 Å². The summed E-state index contributed by atoms with van der Waals surface area (Å²) in [6.07, 6.45) is -1.09. The molecular formula is C12H12FNO5. The average Bonchev–Trinajstić information content (AvgIpc) is 2.71. The second kappa shape index (κ2) is 4.85. The van der Waals surface area contributed by atoms with E-state index in [0.29, 0.717) is 0 Å². The summed E-state index contributed by atoms with van der Waals surface area (Å²) in [6, 6.07) is 2.14. The summed E-state index contributed by atoms with van der Waals surface area (Å²) in [7, 11) is 0. The molecule has 1 amide bonds. The van der Waals surface area contributed by atoms with Gasteiger partial charge in [0.15, 0.2) is 0 Å². The summed E-state index contributed by atoms with van der Waals surface area (Å²) in [5, 5.41) is 27.9. The topological polar surface area (TPSA) is 98.1 Å². The van der Waals surface area contributed by atoms with E-state index in [-0.39, 0.29) is 13.0 Å². The molecule has 1 aliphatic heterocycles. The number of β-amino-alcohol motifs (C(OH)–C–C–N with tert-alkyl or cyclic N) is 1. The quantitative estimate of drug-likeness (QED) is 0.712. The monoisotopic (exact) mass is 269 g/mol. The molecule has 102 valence electrons. The van der Waals surface area contributed by atoms with Crippen LogP contribution in [-0.4, -0.2) is 50.8 Å². The molecule has 2 atom stereocenters. The van der Waals surface area contributed by atoms with Gasteiger partial charge in [0.05, 0.1) is 6.10 Å². The van der Waals surface area contributed by atoms with E-state index in [9.17, 15) is 24.2 Å². The number of halogens is 1. The lowest BCUT2D eigenvalue weighted by Gasteiger charge is -2.21. The second-order valence-corrected chi connectivity index (χ2v) is 4.34. The van der Waals surface area contributed by atoms with Crippen LogP contribution in [0.3, 0.4) is 0 Å². The average molecular weight is 269 g/mol. The number of nitrogens with zero attached hydrogens (tertiary/aromatic N) is 1. The summed E-state index contributed by atoms with van der Waals surface area (Å²) in [4.78, 5) is 24.0. The Morgan fingerprint density at radius 1 is 1.37 bits per heavy atom. The number of aliphatic hydroxyl groups excluding tert-OH is 1. The molecule has 2 rings (SSSR count). The predicted octanol–water partition coefficient (Wildman–Crippen LogP) is 0.191. The van der Waals surface area contributed by atoms with E-state index >= 15 is 0 Å². The fourth-order valence-corrected chi connectivity index (χ4v) is 2.14. The number of phenolic OH excluding ortho intramolecular Hbond substituents is 1. The molecule has 6 nitrogen and oxygen atoms in total. The number of aromatic hydroxyl groups is 1. The van der Waals surface area contributed by atoms with Gasteiger partial charge in [0.25, 0.3) is 5.91 Å². The summed E-state index contributed by atoms with van der Waals surface area (Å²) in [5.41, 5.74) is -0.581. The molecule has 0 spiro atoms. The number of benzene rings is 1. The lowest BCUT2D eigenvalue weighted by molar-refractivity contribution is -0.141. The minimum absolute atomic E-state index is 0.115. The van der Waals surface area contributed by atoms with Crippen LogP contribution in [0.25, 0.3) is 0 Å². The van der Waals surface area contributed by atoms with Crippen LogP contribution < -0.4 is 0 Å². The van der Waals surface area contributed by atoms with Crippen molar-refractivity contribution < 1.29 is 29.3 Å². The summed E-state index contributed by atoms with van der Waals surface area (Å²) in [6.45, 7) is -0.205. The molecule has 0 radical (unpaired) electrons. The van der Waals surface area contributed by atoms with Crippen molar-refractivity contribution in [1.29, 1.82) is 0 Å². The number of carbonyl (C=O) groups is 2. The third-order valence-electron chi connectivity index (χ3n) is 3.03. The van der Waals surface area contributed by atoms with Crippen molar-refractivity contribution in [3.05, 3.63) is 29.6 Å². The number of phenols is 1. The van der Waals surface area contributed by atoms with Crippen LogP contribution >= 0.6 is 0 Å². The Morgan fingerprint density at radius 3 is 2.63 bits per heavy atom. The number of carboxylic acids is 1. The van der Waals surface area contributed by atoms with Crippen molar-refractivity contribution in [3.63, 3.8) is 0 Å². The number of carbonyl (C=O) groups excluding carboxylic acids is 1. The maximum absolute atomic E-state index is 13.6. The van der Waals surface area contributed by atoms with Gasteiger partial charge in [-0.05, 0) is 12.1 Å². The molecule has 1 fully saturated rings. The molecule has 0 aliphatic carbocycles. The number of rotatable bonds is 2. The normalized spacial score (nSPS) is 22.5. The molecule has 1 aliphatic rings. The predicted molar refractivity (Wildman–Crippen MR) is 61.1 cm³/mol. The molecule has 19 heavy (non-hydrogen) atoms. The standard InChI is InChI=1S/C12H12FNO5/c13-7-2-1-3-9(16)10(7)11(17)14-5-6(15)4-8(14)12(18)19/h1-3,6,8,15-16H,4-5H2,(H,18,19)/t6-,8-/m1/s1. The van der Waals surface area contributed by atoms with Gasteiger partial charge in [-0.15, -0.1) is 0 Å². The van der Waals surface area contributed by atoms with Gasteiger partial charge in [-0.2, -0.15) is 0 Å². The van der Waals surface area contributed by atoms with Crippen LogP contribution in [0.15, 0.2) is 18.2 Å². The Morgan fingerprint density at radius 2 is 2.05 bits per heavy atom. The lowest BCUT2D eigenvalue weighted by atomic mass is 10.1. The van der Waals surface area contributed by atoms with E-state index in [4.69, 9.17) is 5.11 Å². The van der Waals surface area contributed by atoms with E-state index in [0.717, 1.165) is 17.0 Å². The Labute approximate surface area is 107 Å². The highest BCUT2D eigenvalue weighted by molar-refractivity contribution is 5.99. The van der Waals surface area contributed by atoms with Crippen molar-refractivity contribution in [3.8, 4) is 5.75 Å². The van der Waals surface area contributed by atoms with Crippen LogP contribution in [-0.2, 0) is 4.79 Å². The Balaban J connectivity index is 2.36. The first-order chi connectivity index (χ1) is 8.91. The first-order valence-electron chi connectivity index (χ1n) is 5.61. The molecule has 1 heterocycles. The first-order valence-corrected chi connectivity index (χ1v) is 5.61. The zero-order chi connectivity index (χ0) is 14.2. The zero-order valence-electron chi connectivity index (χ0n) is 9.78. The van der Waals surface area contributed by atoms with Gasteiger partial charge in [-0.1, -0.05) is 6.07 Å². The van der Waals surface area contributed by atoms with Crippen LogP contribution in [0.5, 0.6) is 5.75 Å². The Hall–Kier alpha value is -2.15. The number of amides is 1. The molecule has 0 unspecified atom stereocenters. The van der Waals surface area contributed by atoms with Crippen LogP contribution in [0, 0.1) is 5.82 Å². The molecule has 1 aromatic rings. The molecule has 3 N–H and O–H groups in total. The van der Waals surface area contributed by atoms with Gasteiger partial charge in [0, 0.05) is 13.0 Å². The number of aliphatic carboxylic acids is 1. The van der Waals surface area contributed by atoms with E-state index in [1.54, 1.807) is 0 Å². The van der Waals surface area contributed by atoms with E-state index in [1.807, 2.05) is 0 Å². The summed E-state index contributed by atoms with van der Waals surface area (Å²) in [5.74, 6) is -3.72. The molecule has 1 saturated heterocycles. The van der Waals surface area contributed by atoms with Gasteiger partial charge in [0.1, 0.15) is 23.2 Å². The van der Waals surface area contributed by atoms with Crippen molar-refractivity contribution >= 4 is 11.9 Å². The van der Waals surface area contributed by atoms with Crippen LogP contribution in [0.2, 0.25) is 0 Å². The number of likely N-dealkylation sites (tertiary alicyclic amines) is 1. The minimum Gasteiger partial charge on any atom is -0.507 e. The maximum Gasteiger partial charge on any atom is 0.326 e. The largest absolute Gasteiger partial charge is 0.507 e. The smallest absolute Gasteiger partial charge is 0.326 e. The minimum atomic E-state index is -1.28. The molecule has 0 aromatic heterocycles. The highest BCUT2D eigenvalue weighted by atomic mass is 19.1. The molecular weight excluding hydrogens is 257 g/mol. The Bertz CT molecular complexity index is 513. The highest BCUT2D eigenvalue weighted by Crippen LogP contribution is 2.26. The van der Waals surface area contributed by atoms with Crippen molar-refractivity contribution in [1.82, 2.24) is 4.90 Å². The van der Waals surface area contributed by atoms with Gasteiger partial charge < -0.3 is 20.2 Å². The fraction of sp³-hybridized carbons (Fsp3) is 0.333. The number of hydrogen-bond acceptors (Lipinski definition) is 4. The van der Waals surface area contributed by atoms with Gasteiger partial charge in [0.2, 0.25) is 0 Å². The maximum atomic E-state index is 13.6. The van der Waals surface area contributed by atoms with E-state index < -0.39 is 41.2 Å². The van der Waals surface area contributed by atoms with Crippen molar-refractivity contribution in [2.75, 3.05) is 6.54 Å². The molecule has 0 bridgehead atoms. The summed E-state index contributed by atoms with van der Waals surface area (Å²) < 4.78 is 13.6. The Kier molecular flexibility index (Phi) is 3.39. The van der Waals surface area contributed by atoms with Crippen LogP contribution in [0.4, 0.5) is 4.39 Å². The fourth-order valence-electron chi connectivity index (χ4n) is 2.14. The third kappa shape index (κ3) is 2.37. The number of carboxylic acid groups (broad SMARTS) is 1. The lowest BCUT2D eigenvalue weighted by Crippen LogP contribution is -2.41. The molecule has 7 heteroatoms. The van der Waals surface area contributed by atoms with Gasteiger partial charge in [-0.3, -0.25) is 4.79 Å². The highest BCUT2D eigenvalue weighted by Gasteiger charge is 2.40. The van der Waals surface area contributed by atoms with E-state index in [2.05, 4.69) is 0 Å². The van der Waals surface area contributed by atoms with Crippen LogP contribution in [0.1, 0.15) is 16.8 Å². The second-order valence-electron chi connectivity index (χ2n) is 4.34. The SMILES string of the molecule is O=C(O)[C@H]1C[C@@H](O)CN1C(=O)c1c(O)cccc1F. The third-order valence-corrected chi connectivity index (χ3v) is 3.03.